The number of hydrogen-bond acceptors (Lipinski definition) is 4. The summed E-state index contributed by atoms with van der Waals surface area (Å²) >= 11 is 0. The van der Waals surface area contributed by atoms with E-state index in [9.17, 15) is 9.59 Å². The lowest BCUT2D eigenvalue weighted by Crippen LogP contribution is -2.43. The normalized spacial score (nSPS) is 21.9. The molecule has 1 unspecified atom stereocenters. The minimum atomic E-state index is -0.793. The van der Waals surface area contributed by atoms with Gasteiger partial charge in [-0.25, -0.2) is 4.98 Å². The molecule has 3 heterocycles. The lowest BCUT2D eigenvalue weighted by molar-refractivity contribution is -0.134. The summed E-state index contributed by atoms with van der Waals surface area (Å²) in [5.41, 5.74) is 5.58. The zero-order valence-corrected chi connectivity index (χ0v) is 23.1. The van der Waals surface area contributed by atoms with Crippen LogP contribution < -0.4 is 0 Å². The van der Waals surface area contributed by atoms with E-state index in [0.29, 0.717) is 12.5 Å². The fourth-order valence-corrected chi connectivity index (χ4v) is 6.11. The monoisotopic (exact) mass is 511 g/mol. The van der Waals surface area contributed by atoms with Gasteiger partial charge in [-0.1, -0.05) is 31.2 Å². The number of carbonyl (C=O) groups excluding carboxylic acids is 2. The topological polar surface area (TPSA) is 70.8 Å². The number of aliphatic imine (C=N–C) groups is 1. The highest BCUT2D eigenvalue weighted by molar-refractivity contribution is 6.15. The van der Waals surface area contributed by atoms with Gasteiger partial charge in [-0.05, 0) is 80.7 Å². The molecule has 3 aromatic rings. The summed E-state index contributed by atoms with van der Waals surface area (Å²) in [6.45, 7) is 10.1. The summed E-state index contributed by atoms with van der Waals surface area (Å²) in [7, 11) is 2.00. The van der Waals surface area contributed by atoms with Crippen molar-refractivity contribution in [2.45, 2.75) is 52.5 Å². The first-order valence-electron chi connectivity index (χ1n) is 13.9. The van der Waals surface area contributed by atoms with Crippen LogP contribution in [0.1, 0.15) is 51.2 Å². The second-order valence-electron chi connectivity index (χ2n) is 12.1. The number of imidazole rings is 1. The lowest BCUT2D eigenvalue weighted by Gasteiger charge is -2.26. The fourth-order valence-electron chi connectivity index (χ4n) is 6.11. The second-order valence-corrected chi connectivity index (χ2v) is 12.1. The number of fused-ring (bicyclic) bond motifs is 1. The maximum absolute atomic E-state index is 13.5. The van der Waals surface area contributed by atoms with E-state index in [-0.39, 0.29) is 23.7 Å². The van der Waals surface area contributed by atoms with Gasteiger partial charge >= 0.3 is 0 Å². The zero-order chi connectivity index (χ0) is 26.8. The Labute approximate surface area is 224 Å². The van der Waals surface area contributed by atoms with Gasteiger partial charge in [-0.15, -0.1) is 0 Å². The second kappa shape index (κ2) is 9.07. The quantitative estimate of drug-likeness (QED) is 0.477. The number of amides is 2. The zero-order valence-electron chi connectivity index (χ0n) is 23.1. The molecule has 0 N–H and O–H groups in total. The SMILES string of the molecule is Cc1cc(-c2ccc3c(c2)ncn3C)ccc1C1=NC(C)(C)C(=O)N1C[C@@H]1CCN(C(=O)C(C)C2CC2)C1. The average molecular weight is 512 g/mol. The highest BCUT2D eigenvalue weighted by Crippen LogP contribution is 2.38. The Morgan fingerprint density at radius 1 is 1.11 bits per heavy atom. The van der Waals surface area contributed by atoms with Crippen LogP contribution in [0, 0.1) is 24.7 Å². The van der Waals surface area contributed by atoms with Crippen LogP contribution in [0.5, 0.6) is 0 Å². The summed E-state index contributed by atoms with van der Waals surface area (Å²) in [4.78, 5) is 39.7. The molecule has 1 aliphatic carbocycles. The molecule has 1 aromatic heterocycles. The van der Waals surface area contributed by atoms with E-state index < -0.39 is 5.54 Å². The predicted molar refractivity (Wildman–Crippen MR) is 150 cm³/mol. The van der Waals surface area contributed by atoms with Crippen molar-refractivity contribution in [2.24, 2.45) is 29.8 Å². The largest absolute Gasteiger partial charge is 0.342 e. The van der Waals surface area contributed by atoms with E-state index in [0.717, 1.165) is 58.6 Å². The van der Waals surface area contributed by atoms with Gasteiger partial charge in [-0.2, -0.15) is 0 Å². The van der Waals surface area contributed by atoms with Crippen LogP contribution in [0.4, 0.5) is 0 Å². The van der Waals surface area contributed by atoms with Crippen LogP contribution in [0.15, 0.2) is 47.7 Å². The molecular formula is C31H37N5O2. The maximum Gasteiger partial charge on any atom is 0.255 e. The number of likely N-dealkylation sites (tertiary alicyclic amines) is 1. The summed E-state index contributed by atoms with van der Waals surface area (Å²) in [5, 5.41) is 0. The van der Waals surface area contributed by atoms with Gasteiger partial charge in [0, 0.05) is 38.2 Å². The van der Waals surface area contributed by atoms with Crippen molar-refractivity contribution >= 4 is 28.7 Å². The first kappa shape index (κ1) is 24.8. The van der Waals surface area contributed by atoms with Crippen LogP contribution >= 0.6 is 0 Å². The maximum atomic E-state index is 13.5. The van der Waals surface area contributed by atoms with Crippen LogP contribution in [0.2, 0.25) is 0 Å². The van der Waals surface area contributed by atoms with Crippen LogP contribution in [-0.4, -0.2) is 62.2 Å². The van der Waals surface area contributed by atoms with Crippen molar-refractivity contribution in [3.8, 4) is 11.1 Å². The van der Waals surface area contributed by atoms with Gasteiger partial charge in [0.2, 0.25) is 5.91 Å². The molecule has 0 spiro atoms. The standard InChI is InChI=1S/C31H37N5O2/c1-19-14-23(24-9-11-27-26(15-24)32-18-34(27)5)8-10-25(19)28-33-31(3,4)30(38)36(28)17-21-12-13-35(16-21)29(37)20(2)22-6-7-22/h8-11,14-15,18,20-22H,6-7,12-13,16-17H2,1-5H3/t20?,21-/m1/s1. The van der Waals surface area contributed by atoms with Gasteiger partial charge < -0.3 is 9.47 Å². The summed E-state index contributed by atoms with van der Waals surface area (Å²) in [6.07, 6.45) is 5.12. The molecule has 0 radical (unpaired) electrons. The van der Waals surface area contributed by atoms with E-state index in [1.165, 1.54) is 12.8 Å². The van der Waals surface area contributed by atoms with Crippen LogP contribution in [0.25, 0.3) is 22.2 Å². The minimum Gasteiger partial charge on any atom is -0.342 e. The highest BCUT2D eigenvalue weighted by Gasteiger charge is 2.44. The van der Waals surface area contributed by atoms with Crippen LogP contribution in [-0.2, 0) is 16.6 Å². The number of aryl methyl sites for hydroxylation is 2. The number of hydrogen-bond donors (Lipinski definition) is 0. The minimum absolute atomic E-state index is 0.0349. The number of nitrogens with zero attached hydrogens (tertiary/aromatic N) is 5. The van der Waals surface area contributed by atoms with Crippen molar-refractivity contribution in [1.29, 1.82) is 0 Å². The molecule has 0 bridgehead atoms. The molecule has 38 heavy (non-hydrogen) atoms. The highest BCUT2D eigenvalue weighted by atomic mass is 16.2. The first-order valence-corrected chi connectivity index (χ1v) is 13.9. The molecular weight excluding hydrogens is 474 g/mol. The number of benzene rings is 2. The van der Waals surface area contributed by atoms with E-state index in [4.69, 9.17) is 4.99 Å². The average Bonchev–Trinajstić information content (AvgIpc) is 3.47. The van der Waals surface area contributed by atoms with Crippen molar-refractivity contribution in [2.75, 3.05) is 19.6 Å². The summed E-state index contributed by atoms with van der Waals surface area (Å²) in [5.74, 6) is 2.02. The summed E-state index contributed by atoms with van der Waals surface area (Å²) < 4.78 is 2.02. The van der Waals surface area contributed by atoms with E-state index >= 15 is 0 Å². The molecule has 7 nitrogen and oxygen atoms in total. The van der Waals surface area contributed by atoms with Gasteiger partial charge in [0.25, 0.3) is 5.91 Å². The molecule has 2 fully saturated rings. The molecule has 2 amide bonds. The third-order valence-electron chi connectivity index (χ3n) is 8.69. The molecule has 2 atom stereocenters. The Morgan fingerprint density at radius 2 is 1.84 bits per heavy atom. The number of carbonyl (C=O) groups is 2. The molecule has 198 valence electrons. The molecule has 3 aliphatic rings. The predicted octanol–water partition coefficient (Wildman–Crippen LogP) is 4.81. The Bertz CT molecular complexity index is 1460. The van der Waals surface area contributed by atoms with E-state index in [1.807, 2.05) is 41.6 Å². The van der Waals surface area contributed by atoms with Crippen molar-refractivity contribution < 1.29 is 9.59 Å². The van der Waals surface area contributed by atoms with Crippen molar-refractivity contribution in [3.05, 3.63) is 53.9 Å². The Hall–Kier alpha value is -3.48. The van der Waals surface area contributed by atoms with E-state index in [1.54, 1.807) is 0 Å². The molecule has 7 heteroatoms. The number of rotatable bonds is 6. The van der Waals surface area contributed by atoms with Crippen molar-refractivity contribution in [3.63, 3.8) is 0 Å². The molecule has 6 rings (SSSR count). The summed E-state index contributed by atoms with van der Waals surface area (Å²) in [6, 6.07) is 12.7. The fraction of sp³-hybridized carbons (Fsp3) is 0.484. The Balaban J connectivity index is 1.23. The molecule has 1 saturated carbocycles. The Kier molecular flexibility index (Phi) is 5.93. The smallest absolute Gasteiger partial charge is 0.255 e. The van der Waals surface area contributed by atoms with Gasteiger partial charge in [0.1, 0.15) is 11.4 Å². The molecule has 1 saturated heterocycles. The van der Waals surface area contributed by atoms with E-state index in [2.05, 4.69) is 55.2 Å². The van der Waals surface area contributed by atoms with Gasteiger partial charge in [0.05, 0.1) is 17.4 Å². The Morgan fingerprint density at radius 3 is 2.58 bits per heavy atom. The first-order chi connectivity index (χ1) is 18.1. The van der Waals surface area contributed by atoms with Gasteiger partial charge in [-0.3, -0.25) is 19.5 Å². The molecule has 2 aliphatic heterocycles. The third kappa shape index (κ3) is 4.32. The lowest BCUT2D eigenvalue weighted by atomic mass is 9.98. The molecule has 2 aromatic carbocycles. The number of amidine groups is 1. The number of aromatic nitrogens is 2. The van der Waals surface area contributed by atoms with Crippen molar-refractivity contribution in [1.82, 2.24) is 19.4 Å². The third-order valence-corrected chi connectivity index (χ3v) is 8.69. The van der Waals surface area contributed by atoms with Crippen LogP contribution in [0.3, 0.4) is 0 Å². The van der Waals surface area contributed by atoms with Gasteiger partial charge in [0.15, 0.2) is 0 Å².